The molecule has 0 spiro atoms. The quantitative estimate of drug-likeness (QED) is 0.577. The highest BCUT2D eigenvalue weighted by Gasteiger charge is 2.70. The van der Waals surface area contributed by atoms with E-state index in [-0.39, 0.29) is 0 Å². The molecule has 0 bridgehead atoms. The molecule has 0 unspecified atom stereocenters. The minimum Gasteiger partial charge on any atom is -0.375 e. The van der Waals surface area contributed by atoms with Crippen LogP contribution in [0.1, 0.15) is 0 Å². The van der Waals surface area contributed by atoms with Crippen LogP contribution >= 0.6 is 0 Å². The van der Waals surface area contributed by atoms with E-state index in [2.05, 4.69) is 0 Å². The Labute approximate surface area is 86.5 Å². The molecule has 0 amide bonds. The Bertz CT molecular complexity index is 124. The summed E-state index contributed by atoms with van der Waals surface area (Å²) in [5.41, 5.74) is 0. The van der Waals surface area contributed by atoms with Crippen LogP contribution in [-0.2, 0) is 26.6 Å². The van der Waals surface area contributed by atoms with Crippen molar-refractivity contribution in [3.8, 4) is 0 Å². The SMILES string of the molecule is CO[Si](OC)(OC)[Si](OC)(OC)OC. The fourth-order valence-electron chi connectivity index (χ4n) is 1.25. The van der Waals surface area contributed by atoms with Crippen molar-refractivity contribution in [1.29, 1.82) is 0 Å². The minimum absolute atomic E-state index is 1.48. The Morgan fingerprint density at radius 1 is 0.429 bits per heavy atom. The molecule has 0 aromatic heterocycles. The molecular formula is C6H18O6Si2. The predicted molar refractivity (Wildman–Crippen MR) is 53.6 cm³/mol. The van der Waals surface area contributed by atoms with E-state index in [0.717, 1.165) is 0 Å². The van der Waals surface area contributed by atoms with Crippen LogP contribution in [-0.4, -0.2) is 59.3 Å². The highest BCUT2D eigenvalue weighted by Crippen LogP contribution is 2.23. The summed E-state index contributed by atoms with van der Waals surface area (Å²) in [7, 11) is 2.86. The zero-order valence-corrected chi connectivity index (χ0v) is 11.4. The molecule has 0 fully saturated rings. The van der Waals surface area contributed by atoms with Gasteiger partial charge in [0, 0.05) is 42.7 Å². The van der Waals surface area contributed by atoms with E-state index in [4.69, 9.17) is 26.6 Å². The average Bonchev–Trinajstić information content (AvgIpc) is 2.27. The van der Waals surface area contributed by atoms with Gasteiger partial charge in [0.05, 0.1) is 0 Å². The Balaban J connectivity index is 5.08. The van der Waals surface area contributed by atoms with E-state index < -0.39 is 16.6 Å². The fraction of sp³-hybridized carbons (Fsp3) is 1.00. The summed E-state index contributed by atoms with van der Waals surface area (Å²) in [4.78, 5) is 0. The van der Waals surface area contributed by atoms with Gasteiger partial charge in [-0.05, 0) is 0 Å². The zero-order valence-electron chi connectivity index (χ0n) is 9.45. The van der Waals surface area contributed by atoms with Crippen LogP contribution in [0.3, 0.4) is 0 Å². The second-order valence-corrected chi connectivity index (χ2v) is 10.7. The van der Waals surface area contributed by atoms with E-state index in [9.17, 15) is 0 Å². The first kappa shape index (κ1) is 14.2. The van der Waals surface area contributed by atoms with E-state index in [1.807, 2.05) is 0 Å². The molecule has 0 aliphatic rings. The van der Waals surface area contributed by atoms with Crippen molar-refractivity contribution in [2.45, 2.75) is 0 Å². The van der Waals surface area contributed by atoms with E-state index in [1.165, 1.54) is 42.7 Å². The standard InChI is InChI=1S/C6H18O6Si2/c1-7-13(8-2,9-3)14(10-4,11-5)12-6/h1-6H3. The monoisotopic (exact) mass is 242 g/mol. The maximum atomic E-state index is 5.26. The lowest BCUT2D eigenvalue weighted by molar-refractivity contribution is 0.0721. The molecule has 0 aliphatic heterocycles. The van der Waals surface area contributed by atoms with Gasteiger partial charge in [0.1, 0.15) is 0 Å². The van der Waals surface area contributed by atoms with Gasteiger partial charge in [-0.3, -0.25) is 0 Å². The highest BCUT2D eigenvalue weighted by molar-refractivity contribution is 7.26. The van der Waals surface area contributed by atoms with Gasteiger partial charge in [-0.1, -0.05) is 0 Å². The van der Waals surface area contributed by atoms with Crippen molar-refractivity contribution in [3.63, 3.8) is 0 Å². The molecule has 0 rings (SSSR count). The molecule has 0 radical (unpaired) electrons. The molecule has 0 N–H and O–H groups in total. The van der Waals surface area contributed by atoms with Crippen LogP contribution in [0.25, 0.3) is 0 Å². The van der Waals surface area contributed by atoms with Crippen LogP contribution in [0.4, 0.5) is 0 Å². The largest absolute Gasteiger partial charge is 0.576 e. The summed E-state index contributed by atoms with van der Waals surface area (Å²) >= 11 is 0. The maximum absolute atomic E-state index is 5.26. The summed E-state index contributed by atoms with van der Waals surface area (Å²) < 4.78 is 31.5. The van der Waals surface area contributed by atoms with Crippen molar-refractivity contribution in [3.05, 3.63) is 0 Å². The first-order chi connectivity index (χ1) is 6.61. The van der Waals surface area contributed by atoms with Gasteiger partial charge in [0.25, 0.3) is 0 Å². The minimum atomic E-state index is -3.02. The molecule has 0 aromatic rings. The molecule has 0 atom stereocenters. The smallest absolute Gasteiger partial charge is 0.375 e. The molecule has 14 heavy (non-hydrogen) atoms. The topological polar surface area (TPSA) is 55.4 Å². The summed E-state index contributed by atoms with van der Waals surface area (Å²) in [6, 6.07) is 0. The van der Waals surface area contributed by atoms with E-state index >= 15 is 0 Å². The molecule has 0 saturated heterocycles. The third-order valence-electron chi connectivity index (χ3n) is 1.99. The maximum Gasteiger partial charge on any atom is 0.576 e. The summed E-state index contributed by atoms with van der Waals surface area (Å²) in [6.07, 6.45) is 0. The second-order valence-electron chi connectivity index (χ2n) is 2.34. The predicted octanol–water partition coefficient (Wildman–Crippen LogP) is -0.179. The van der Waals surface area contributed by atoms with Gasteiger partial charge >= 0.3 is 16.6 Å². The molecule has 0 heterocycles. The summed E-state index contributed by atoms with van der Waals surface area (Å²) in [5.74, 6) is 0. The first-order valence-corrected chi connectivity index (χ1v) is 8.37. The lowest BCUT2D eigenvalue weighted by Crippen LogP contribution is -2.71. The zero-order chi connectivity index (χ0) is 11.2. The number of hydrogen-bond acceptors (Lipinski definition) is 6. The Morgan fingerprint density at radius 3 is 0.643 bits per heavy atom. The third kappa shape index (κ3) is 2.07. The van der Waals surface area contributed by atoms with Gasteiger partial charge in [-0.2, -0.15) is 0 Å². The average molecular weight is 242 g/mol. The summed E-state index contributed by atoms with van der Waals surface area (Å²) in [6.45, 7) is 0. The van der Waals surface area contributed by atoms with Crippen LogP contribution in [0, 0.1) is 0 Å². The van der Waals surface area contributed by atoms with Crippen LogP contribution in [0.5, 0.6) is 0 Å². The van der Waals surface area contributed by atoms with Crippen molar-refractivity contribution in [1.82, 2.24) is 0 Å². The van der Waals surface area contributed by atoms with Crippen molar-refractivity contribution < 1.29 is 26.6 Å². The van der Waals surface area contributed by atoms with Crippen LogP contribution < -0.4 is 0 Å². The van der Waals surface area contributed by atoms with Gasteiger partial charge in [0.15, 0.2) is 0 Å². The van der Waals surface area contributed by atoms with Gasteiger partial charge in [-0.15, -0.1) is 0 Å². The molecule has 6 nitrogen and oxygen atoms in total. The molecule has 0 aliphatic carbocycles. The molecule has 0 aromatic carbocycles. The Kier molecular flexibility index (Phi) is 6.01. The third-order valence-corrected chi connectivity index (χ3v) is 11.9. The summed E-state index contributed by atoms with van der Waals surface area (Å²) in [5, 5.41) is 0. The fourth-order valence-corrected chi connectivity index (χ4v) is 8.25. The van der Waals surface area contributed by atoms with Crippen molar-refractivity contribution in [2.75, 3.05) is 42.7 Å². The lowest BCUT2D eigenvalue weighted by Gasteiger charge is -2.35. The first-order valence-electron chi connectivity index (χ1n) is 3.92. The van der Waals surface area contributed by atoms with E-state index in [1.54, 1.807) is 0 Å². The van der Waals surface area contributed by atoms with Crippen molar-refractivity contribution >= 4 is 16.6 Å². The van der Waals surface area contributed by atoms with Gasteiger partial charge < -0.3 is 26.6 Å². The lowest BCUT2D eigenvalue weighted by atomic mass is 11.8. The number of hydrogen-bond donors (Lipinski definition) is 0. The Morgan fingerprint density at radius 2 is 0.571 bits per heavy atom. The Hall–Kier alpha value is 0.194. The van der Waals surface area contributed by atoms with E-state index in [0.29, 0.717) is 0 Å². The molecular weight excluding hydrogens is 224 g/mol. The molecule has 0 saturated carbocycles. The second kappa shape index (κ2) is 5.93. The highest BCUT2D eigenvalue weighted by atomic mass is 29.3. The molecule has 86 valence electrons. The molecule has 8 heteroatoms. The van der Waals surface area contributed by atoms with Gasteiger partial charge in [0.2, 0.25) is 0 Å². The normalized spacial score (nSPS) is 13.3. The van der Waals surface area contributed by atoms with Crippen LogP contribution in [0.15, 0.2) is 0 Å². The van der Waals surface area contributed by atoms with Gasteiger partial charge in [-0.25, -0.2) is 0 Å². The van der Waals surface area contributed by atoms with Crippen molar-refractivity contribution in [2.24, 2.45) is 0 Å². The number of rotatable bonds is 7. The van der Waals surface area contributed by atoms with Crippen LogP contribution in [0.2, 0.25) is 0 Å².